The number of carbonyl (C=O) groups is 1. The summed E-state index contributed by atoms with van der Waals surface area (Å²) in [4.78, 5) is 20.1. The number of rotatable bonds is 7. The van der Waals surface area contributed by atoms with Crippen molar-refractivity contribution in [2.45, 2.75) is 32.7 Å². The van der Waals surface area contributed by atoms with Crippen LogP contribution in [0.5, 0.6) is 0 Å². The van der Waals surface area contributed by atoms with Crippen molar-refractivity contribution in [2.24, 2.45) is 0 Å². The molecule has 7 heteroatoms. The van der Waals surface area contributed by atoms with Crippen LogP contribution < -0.4 is 10.6 Å². The smallest absolute Gasteiger partial charge is 0.224 e. The van der Waals surface area contributed by atoms with Gasteiger partial charge < -0.3 is 10.6 Å². The van der Waals surface area contributed by atoms with E-state index in [2.05, 4.69) is 39.5 Å². The van der Waals surface area contributed by atoms with Crippen molar-refractivity contribution in [2.75, 3.05) is 11.9 Å². The van der Waals surface area contributed by atoms with E-state index in [9.17, 15) is 4.79 Å². The Hall–Kier alpha value is -2.28. The maximum Gasteiger partial charge on any atom is 0.224 e. The van der Waals surface area contributed by atoms with Gasteiger partial charge in [-0.3, -0.25) is 4.79 Å². The van der Waals surface area contributed by atoms with Crippen LogP contribution in [0.1, 0.15) is 26.7 Å². The van der Waals surface area contributed by atoms with E-state index in [-0.39, 0.29) is 5.91 Å². The molecule has 0 aliphatic heterocycles. The van der Waals surface area contributed by atoms with E-state index >= 15 is 0 Å². The van der Waals surface area contributed by atoms with Gasteiger partial charge in [0.05, 0.1) is 5.69 Å². The number of pyridine rings is 1. The van der Waals surface area contributed by atoms with Crippen LogP contribution in [0.4, 0.5) is 5.69 Å². The summed E-state index contributed by atoms with van der Waals surface area (Å²) in [6.45, 7) is 4.99. The number of carbonyl (C=O) groups excluding carboxylic acids is 1. The molecule has 2 aromatic heterocycles. The Labute approximate surface area is 123 Å². The lowest BCUT2D eigenvalue weighted by atomic mass is 10.2. The molecule has 112 valence electrons. The van der Waals surface area contributed by atoms with E-state index < -0.39 is 0 Å². The Morgan fingerprint density at radius 3 is 3.00 bits per heavy atom. The minimum Gasteiger partial charge on any atom is -0.323 e. The van der Waals surface area contributed by atoms with Gasteiger partial charge in [0.15, 0.2) is 5.82 Å². The topological polar surface area (TPSA) is 84.7 Å². The van der Waals surface area contributed by atoms with E-state index in [0.29, 0.717) is 24.0 Å². The molecule has 21 heavy (non-hydrogen) atoms. The highest BCUT2D eigenvalue weighted by molar-refractivity contribution is 5.92. The van der Waals surface area contributed by atoms with Crippen LogP contribution in [0.2, 0.25) is 0 Å². The van der Waals surface area contributed by atoms with Crippen molar-refractivity contribution in [1.82, 2.24) is 25.1 Å². The van der Waals surface area contributed by atoms with Gasteiger partial charge in [0.25, 0.3) is 0 Å². The average molecular weight is 288 g/mol. The largest absolute Gasteiger partial charge is 0.323 e. The van der Waals surface area contributed by atoms with Crippen LogP contribution in [0.15, 0.2) is 31.0 Å². The first-order chi connectivity index (χ1) is 10.2. The Balaban J connectivity index is 1.92. The second kappa shape index (κ2) is 7.49. The van der Waals surface area contributed by atoms with E-state index in [4.69, 9.17) is 0 Å². The molecule has 0 atom stereocenters. The molecule has 0 radical (unpaired) electrons. The fourth-order valence-electron chi connectivity index (χ4n) is 1.85. The molecule has 0 spiro atoms. The van der Waals surface area contributed by atoms with Crippen LogP contribution in [0.25, 0.3) is 5.82 Å². The van der Waals surface area contributed by atoms with Gasteiger partial charge in [-0.15, -0.1) is 0 Å². The van der Waals surface area contributed by atoms with Crippen molar-refractivity contribution in [3.05, 3.63) is 31.0 Å². The lowest BCUT2D eigenvalue weighted by Gasteiger charge is -2.10. The van der Waals surface area contributed by atoms with Gasteiger partial charge in [0.1, 0.15) is 12.7 Å². The molecular weight excluding hydrogens is 268 g/mol. The maximum absolute atomic E-state index is 12.0. The summed E-state index contributed by atoms with van der Waals surface area (Å²) < 4.78 is 1.52. The molecule has 0 saturated heterocycles. The Bertz CT molecular complexity index is 567. The molecule has 2 aromatic rings. The molecule has 0 saturated carbocycles. The predicted octanol–water partition coefficient (Wildman–Crippen LogP) is 1.38. The summed E-state index contributed by atoms with van der Waals surface area (Å²) in [6.07, 6.45) is 5.88. The van der Waals surface area contributed by atoms with Gasteiger partial charge in [-0.2, -0.15) is 5.10 Å². The zero-order chi connectivity index (χ0) is 15.1. The SMILES string of the molecule is CC(C)NCCCC(=O)Nc1cccnc1-n1cncn1. The molecule has 0 aliphatic carbocycles. The molecule has 0 aromatic carbocycles. The molecule has 2 N–H and O–H groups in total. The summed E-state index contributed by atoms with van der Waals surface area (Å²) in [7, 11) is 0. The molecule has 0 fully saturated rings. The monoisotopic (exact) mass is 288 g/mol. The number of hydrogen-bond donors (Lipinski definition) is 2. The van der Waals surface area contributed by atoms with Crippen molar-refractivity contribution in [3.63, 3.8) is 0 Å². The molecule has 2 heterocycles. The zero-order valence-electron chi connectivity index (χ0n) is 12.3. The van der Waals surface area contributed by atoms with Crippen LogP contribution in [0.3, 0.4) is 0 Å². The predicted molar refractivity (Wildman–Crippen MR) is 80.2 cm³/mol. The minimum absolute atomic E-state index is 0.0325. The average Bonchev–Trinajstić information content (AvgIpc) is 2.98. The normalized spacial score (nSPS) is 10.8. The lowest BCUT2D eigenvalue weighted by Crippen LogP contribution is -2.25. The fourth-order valence-corrected chi connectivity index (χ4v) is 1.85. The highest BCUT2D eigenvalue weighted by atomic mass is 16.1. The van der Waals surface area contributed by atoms with E-state index in [1.165, 1.54) is 11.0 Å². The van der Waals surface area contributed by atoms with Gasteiger partial charge in [-0.25, -0.2) is 14.6 Å². The van der Waals surface area contributed by atoms with E-state index in [1.807, 2.05) is 0 Å². The van der Waals surface area contributed by atoms with Gasteiger partial charge in [0.2, 0.25) is 5.91 Å². The maximum atomic E-state index is 12.0. The standard InChI is InChI=1S/C14H20N6O/c1-11(2)16-7-4-6-13(21)19-12-5-3-8-17-14(12)20-10-15-9-18-20/h3,5,8-11,16H,4,6-7H2,1-2H3,(H,19,21). The van der Waals surface area contributed by atoms with Gasteiger partial charge >= 0.3 is 0 Å². The Morgan fingerprint density at radius 2 is 2.29 bits per heavy atom. The number of nitrogens with one attached hydrogen (secondary N) is 2. The third kappa shape index (κ3) is 4.64. The van der Waals surface area contributed by atoms with Crippen molar-refractivity contribution in [3.8, 4) is 5.82 Å². The molecular formula is C14H20N6O. The highest BCUT2D eigenvalue weighted by Crippen LogP contribution is 2.15. The second-order valence-electron chi connectivity index (χ2n) is 4.98. The molecule has 0 unspecified atom stereocenters. The summed E-state index contributed by atoms with van der Waals surface area (Å²) in [5.74, 6) is 0.526. The van der Waals surface area contributed by atoms with Crippen LogP contribution in [-0.4, -0.2) is 38.2 Å². The molecule has 1 amide bonds. The Kier molecular flexibility index (Phi) is 5.39. The number of hydrogen-bond acceptors (Lipinski definition) is 5. The number of anilines is 1. The van der Waals surface area contributed by atoms with Crippen LogP contribution in [-0.2, 0) is 4.79 Å². The van der Waals surface area contributed by atoms with Gasteiger partial charge in [0, 0.05) is 18.7 Å². The summed E-state index contributed by atoms with van der Waals surface area (Å²) >= 11 is 0. The van der Waals surface area contributed by atoms with Gasteiger partial charge in [-0.05, 0) is 25.1 Å². The van der Waals surface area contributed by atoms with Gasteiger partial charge in [-0.1, -0.05) is 13.8 Å². The molecule has 0 aliphatic rings. The fraction of sp³-hybridized carbons (Fsp3) is 0.429. The van der Waals surface area contributed by atoms with Crippen molar-refractivity contribution >= 4 is 11.6 Å². The number of amides is 1. The summed E-state index contributed by atoms with van der Waals surface area (Å²) in [6, 6.07) is 4.01. The van der Waals surface area contributed by atoms with E-state index in [1.54, 1.807) is 24.7 Å². The molecule has 7 nitrogen and oxygen atoms in total. The van der Waals surface area contributed by atoms with Crippen molar-refractivity contribution in [1.29, 1.82) is 0 Å². The van der Waals surface area contributed by atoms with Crippen molar-refractivity contribution < 1.29 is 4.79 Å². The second-order valence-corrected chi connectivity index (χ2v) is 4.98. The third-order valence-corrected chi connectivity index (χ3v) is 2.83. The first-order valence-corrected chi connectivity index (χ1v) is 7.00. The number of nitrogens with zero attached hydrogens (tertiary/aromatic N) is 4. The first kappa shape index (κ1) is 15.1. The zero-order valence-corrected chi connectivity index (χ0v) is 12.3. The van der Waals surface area contributed by atoms with E-state index in [0.717, 1.165) is 13.0 Å². The molecule has 2 rings (SSSR count). The summed E-state index contributed by atoms with van der Waals surface area (Å²) in [5.41, 5.74) is 0.629. The Morgan fingerprint density at radius 1 is 1.43 bits per heavy atom. The quantitative estimate of drug-likeness (QED) is 0.752. The third-order valence-electron chi connectivity index (χ3n) is 2.83. The number of aromatic nitrogens is 4. The lowest BCUT2D eigenvalue weighted by molar-refractivity contribution is -0.116. The minimum atomic E-state index is -0.0325. The first-order valence-electron chi connectivity index (χ1n) is 7.00. The summed E-state index contributed by atoms with van der Waals surface area (Å²) in [5, 5.41) is 10.2. The molecule has 0 bridgehead atoms. The van der Waals surface area contributed by atoms with Crippen LogP contribution in [0, 0.1) is 0 Å². The van der Waals surface area contributed by atoms with Crippen LogP contribution >= 0.6 is 0 Å². The highest BCUT2D eigenvalue weighted by Gasteiger charge is 2.09.